The van der Waals surface area contributed by atoms with Gasteiger partial charge in [-0.2, -0.15) is 0 Å². The van der Waals surface area contributed by atoms with Crippen LogP contribution in [0.4, 0.5) is 5.69 Å². The van der Waals surface area contributed by atoms with Crippen molar-refractivity contribution in [2.75, 3.05) is 50.7 Å². The molecule has 1 fully saturated rings. The summed E-state index contributed by atoms with van der Waals surface area (Å²) < 4.78 is 5.60. The van der Waals surface area contributed by atoms with Gasteiger partial charge in [-0.1, -0.05) is 17.7 Å². The molecule has 0 atom stereocenters. The summed E-state index contributed by atoms with van der Waals surface area (Å²) in [6.07, 6.45) is 1.07. The normalized spacial score (nSPS) is 15.0. The number of hydrogen-bond donors (Lipinski definition) is 2. The first-order valence-electron chi connectivity index (χ1n) is 10.7. The van der Waals surface area contributed by atoms with Gasteiger partial charge in [-0.25, -0.2) is 9.98 Å². The average molecular weight is 561 g/mol. The zero-order valence-corrected chi connectivity index (χ0v) is 21.7. The van der Waals surface area contributed by atoms with Gasteiger partial charge in [0.1, 0.15) is 12.3 Å². The van der Waals surface area contributed by atoms with Crippen molar-refractivity contribution < 1.29 is 4.42 Å². The molecule has 0 radical (unpaired) electrons. The molecule has 2 aromatic rings. The first-order valence-corrected chi connectivity index (χ1v) is 11.1. The number of hydrogen-bond acceptors (Lipinski definition) is 5. The fourth-order valence-corrected chi connectivity index (χ4v) is 3.69. The number of nitrogens with zero attached hydrogens (tertiary/aromatic N) is 4. The molecule has 0 saturated carbocycles. The molecular weight excluding hydrogens is 527 g/mol. The quantitative estimate of drug-likeness (QED) is 0.221. The highest BCUT2D eigenvalue weighted by Gasteiger charge is 2.17. The van der Waals surface area contributed by atoms with Crippen LogP contribution in [0.25, 0.3) is 0 Å². The Morgan fingerprint density at radius 2 is 1.97 bits per heavy atom. The summed E-state index contributed by atoms with van der Waals surface area (Å²) in [7, 11) is 0. The third-order valence-corrected chi connectivity index (χ3v) is 5.51. The Labute approximate surface area is 207 Å². The standard InChI is InChI=1S/C22H33ClN6O.HI/c1-4-24-22(26-16-21-27-17(2)18(3)30-21)25-9-6-10-28-11-13-29(14-12-28)20-8-5-7-19(23)15-20;/h5,7-8,15H,4,6,9-14,16H2,1-3H3,(H2,24,25,26);1H. The predicted molar refractivity (Wildman–Crippen MR) is 139 cm³/mol. The molecule has 0 amide bonds. The molecule has 0 unspecified atom stereocenters. The minimum atomic E-state index is 0. The maximum atomic E-state index is 6.12. The van der Waals surface area contributed by atoms with E-state index in [-0.39, 0.29) is 24.0 Å². The molecular formula is C22H34ClIN6O. The Bertz CT molecular complexity index is 816. The molecule has 3 rings (SSSR count). The van der Waals surface area contributed by atoms with Gasteiger partial charge in [-0.05, 0) is 51.9 Å². The molecule has 2 N–H and O–H groups in total. The average Bonchev–Trinajstić information content (AvgIpc) is 3.07. The highest BCUT2D eigenvalue weighted by molar-refractivity contribution is 14.0. The maximum Gasteiger partial charge on any atom is 0.216 e. The van der Waals surface area contributed by atoms with E-state index >= 15 is 0 Å². The first kappa shape index (κ1) is 25.7. The number of nitrogens with one attached hydrogen (secondary N) is 2. The summed E-state index contributed by atoms with van der Waals surface area (Å²) in [6.45, 7) is 13.4. The van der Waals surface area contributed by atoms with E-state index in [1.54, 1.807) is 0 Å². The number of guanidine groups is 1. The van der Waals surface area contributed by atoms with Gasteiger partial charge >= 0.3 is 0 Å². The third kappa shape index (κ3) is 8.16. The minimum Gasteiger partial charge on any atom is -0.444 e. The van der Waals surface area contributed by atoms with E-state index in [9.17, 15) is 0 Å². The molecule has 2 heterocycles. The van der Waals surface area contributed by atoms with Crippen molar-refractivity contribution in [3.05, 3.63) is 46.6 Å². The van der Waals surface area contributed by atoms with Gasteiger partial charge in [0.05, 0.1) is 5.69 Å². The van der Waals surface area contributed by atoms with Gasteiger partial charge in [-0.15, -0.1) is 24.0 Å². The lowest BCUT2D eigenvalue weighted by molar-refractivity contribution is 0.255. The number of oxazole rings is 1. The molecule has 0 spiro atoms. The molecule has 1 aromatic heterocycles. The van der Waals surface area contributed by atoms with E-state index < -0.39 is 0 Å². The van der Waals surface area contributed by atoms with Gasteiger partial charge in [-0.3, -0.25) is 4.90 Å². The van der Waals surface area contributed by atoms with Gasteiger partial charge in [0.25, 0.3) is 0 Å². The smallest absolute Gasteiger partial charge is 0.216 e. The second-order valence-electron chi connectivity index (χ2n) is 7.53. The summed E-state index contributed by atoms with van der Waals surface area (Å²) in [5, 5.41) is 7.49. The molecule has 1 aliphatic heterocycles. The molecule has 1 aliphatic rings. The zero-order chi connectivity index (χ0) is 21.3. The number of aliphatic imine (C=N–C) groups is 1. The minimum absolute atomic E-state index is 0. The van der Waals surface area contributed by atoms with Crippen LogP contribution in [0.1, 0.15) is 30.7 Å². The van der Waals surface area contributed by atoms with Crippen LogP contribution in [0.3, 0.4) is 0 Å². The SMILES string of the molecule is CCNC(=NCc1nc(C)c(C)o1)NCCCN1CCN(c2cccc(Cl)c2)CC1.I. The molecule has 1 saturated heterocycles. The van der Waals surface area contributed by atoms with Gasteiger partial charge in [0.15, 0.2) is 5.96 Å². The van der Waals surface area contributed by atoms with Crippen LogP contribution in [0.15, 0.2) is 33.7 Å². The number of rotatable bonds is 8. The van der Waals surface area contributed by atoms with E-state index in [1.807, 2.05) is 32.0 Å². The molecule has 1 aromatic carbocycles. The lowest BCUT2D eigenvalue weighted by Crippen LogP contribution is -2.47. The molecule has 0 bridgehead atoms. The van der Waals surface area contributed by atoms with Crippen LogP contribution in [0.5, 0.6) is 0 Å². The molecule has 7 nitrogen and oxygen atoms in total. The zero-order valence-electron chi connectivity index (χ0n) is 18.7. The predicted octanol–water partition coefficient (Wildman–Crippen LogP) is 3.83. The molecule has 31 heavy (non-hydrogen) atoms. The lowest BCUT2D eigenvalue weighted by atomic mass is 10.2. The largest absolute Gasteiger partial charge is 0.444 e. The maximum absolute atomic E-state index is 6.12. The van der Waals surface area contributed by atoms with Crippen molar-refractivity contribution in [2.45, 2.75) is 33.7 Å². The number of halogens is 2. The third-order valence-electron chi connectivity index (χ3n) is 5.28. The van der Waals surface area contributed by atoms with Crippen LogP contribution >= 0.6 is 35.6 Å². The van der Waals surface area contributed by atoms with E-state index in [2.05, 4.69) is 43.4 Å². The van der Waals surface area contributed by atoms with Crippen molar-refractivity contribution >= 4 is 47.2 Å². The van der Waals surface area contributed by atoms with Gasteiger partial charge < -0.3 is 20.0 Å². The Morgan fingerprint density at radius 3 is 2.61 bits per heavy atom. The van der Waals surface area contributed by atoms with Crippen LogP contribution in [-0.4, -0.2) is 61.7 Å². The monoisotopic (exact) mass is 560 g/mol. The van der Waals surface area contributed by atoms with E-state index in [1.165, 1.54) is 5.69 Å². The van der Waals surface area contributed by atoms with Gasteiger partial charge in [0, 0.05) is 50.0 Å². The summed E-state index contributed by atoms with van der Waals surface area (Å²) in [5.41, 5.74) is 2.14. The lowest BCUT2D eigenvalue weighted by Gasteiger charge is -2.36. The van der Waals surface area contributed by atoms with E-state index in [0.717, 1.165) is 74.7 Å². The summed E-state index contributed by atoms with van der Waals surface area (Å²) >= 11 is 6.12. The number of anilines is 1. The number of aryl methyl sites for hydroxylation is 2. The molecule has 172 valence electrons. The fraction of sp³-hybridized carbons (Fsp3) is 0.545. The van der Waals surface area contributed by atoms with Gasteiger partial charge in [0.2, 0.25) is 5.89 Å². The van der Waals surface area contributed by atoms with Crippen LogP contribution in [-0.2, 0) is 6.54 Å². The summed E-state index contributed by atoms with van der Waals surface area (Å²) in [4.78, 5) is 13.9. The summed E-state index contributed by atoms with van der Waals surface area (Å²) in [6, 6.07) is 8.12. The molecule has 0 aliphatic carbocycles. The summed E-state index contributed by atoms with van der Waals surface area (Å²) in [5.74, 6) is 2.31. The Morgan fingerprint density at radius 1 is 1.19 bits per heavy atom. The first-order chi connectivity index (χ1) is 14.5. The Balaban J connectivity index is 0.00000341. The number of piperazine rings is 1. The van der Waals surface area contributed by atoms with Crippen molar-refractivity contribution in [1.29, 1.82) is 0 Å². The van der Waals surface area contributed by atoms with E-state index in [0.29, 0.717) is 12.4 Å². The number of aromatic nitrogens is 1. The highest BCUT2D eigenvalue weighted by atomic mass is 127. The van der Waals surface area contributed by atoms with E-state index in [4.69, 9.17) is 16.0 Å². The van der Waals surface area contributed by atoms with Crippen molar-refractivity contribution in [2.24, 2.45) is 4.99 Å². The van der Waals surface area contributed by atoms with Crippen molar-refractivity contribution in [3.63, 3.8) is 0 Å². The fourth-order valence-electron chi connectivity index (χ4n) is 3.51. The second kappa shape index (κ2) is 13.1. The Kier molecular flexibility index (Phi) is 10.9. The van der Waals surface area contributed by atoms with Crippen molar-refractivity contribution in [1.82, 2.24) is 20.5 Å². The number of benzene rings is 1. The second-order valence-corrected chi connectivity index (χ2v) is 7.97. The van der Waals surface area contributed by atoms with Crippen LogP contribution in [0, 0.1) is 13.8 Å². The highest BCUT2D eigenvalue weighted by Crippen LogP contribution is 2.20. The van der Waals surface area contributed by atoms with Crippen LogP contribution < -0.4 is 15.5 Å². The van der Waals surface area contributed by atoms with Crippen molar-refractivity contribution in [3.8, 4) is 0 Å². The molecule has 9 heteroatoms. The Hall–Kier alpha value is -1.52. The topological polar surface area (TPSA) is 68.9 Å². The van der Waals surface area contributed by atoms with Crippen LogP contribution in [0.2, 0.25) is 5.02 Å².